The Labute approximate surface area is 180 Å². The lowest BCUT2D eigenvalue weighted by atomic mass is 9.95. The summed E-state index contributed by atoms with van der Waals surface area (Å²) in [5, 5.41) is -1.12. The second-order valence-electron chi connectivity index (χ2n) is 8.25. The third kappa shape index (κ3) is 4.36. The number of carbonyl (C=O) groups excluding carboxylic acids is 1. The molecule has 30 heavy (non-hydrogen) atoms. The number of hydrogen-bond acceptors (Lipinski definition) is 3. The van der Waals surface area contributed by atoms with Crippen LogP contribution in [0.15, 0.2) is 66.1 Å². The number of aryl methyl sites for hydroxylation is 2. The average Bonchev–Trinajstić information content (AvgIpc) is 2.99. The summed E-state index contributed by atoms with van der Waals surface area (Å²) >= 11 is 0. The molecule has 0 N–H and O–H groups in total. The fourth-order valence-corrected chi connectivity index (χ4v) is 6.16. The summed E-state index contributed by atoms with van der Waals surface area (Å²) in [7, 11) is -3.82. The van der Waals surface area contributed by atoms with Crippen molar-refractivity contribution in [2.24, 2.45) is 5.92 Å². The minimum Gasteiger partial charge on any atom is -0.334 e. The van der Waals surface area contributed by atoms with Gasteiger partial charge in [0.2, 0.25) is 5.91 Å². The number of sulfone groups is 1. The Balaban J connectivity index is 2.00. The maximum atomic E-state index is 13.5. The van der Waals surface area contributed by atoms with Crippen LogP contribution in [0.25, 0.3) is 0 Å². The standard InChI is InChI=1S/C25H31NO3S/c1-5-7-8-23-22(6-2)24(30(28,29)21-15-11-19(4)12-16-21)25(27)26(23)17-20-13-9-18(3)10-14-20/h6,9-16,22-24H,2,5,7-8,17H2,1,3-4H3/t22-,23+,24+/m1/s1. The number of rotatable bonds is 8. The van der Waals surface area contributed by atoms with Gasteiger partial charge in [0.05, 0.1) is 4.90 Å². The highest BCUT2D eigenvalue weighted by Crippen LogP contribution is 2.38. The largest absolute Gasteiger partial charge is 0.334 e. The third-order valence-corrected chi connectivity index (χ3v) is 8.12. The molecule has 0 bridgehead atoms. The molecule has 0 unspecified atom stereocenters. The predicted molar refractivity (Wildman–Crippen MR) is 121 cm³/mol. The smallest absolute Gasteiger partial charge is 0.242 e. The summed E-state index contributed by atoms with van der Waals surface area (Å²) in [4.78, 5) is 15.5. The quantitative estimate of drug-likeness (QED) is 0.568. The van der Waals surface area contributed by atoms with Crippen LogP contribution >= 0.6 is 0 Å². The molecule has 0 spiro atoms. The first-order chi connectivity index (χ1) is 14.3. The molecule has 0 aliphatic carbocycles. The minimum absolute atomic E-state index is 0.165. The van der Waals surface area contributed by atoms with Crippen LogP contribution in [0.4, 0.5) is 0 Å². The average molecular weight is 426 g/mol. The molecule has 0 radical (unpaired) electrons. The monoisotopic (exact) mass is 425 g/mol. The van der Waals surface area contributed by atoms with Crippen molar-refractivity contribution in [1.29, 1.82) is 0 Å². The van der Waals surface area contributed by atoms with E-state index in [-0.39, 0.29) is 16.8 Å². The number of likely N-dealkylation sites (tertiary alicyclic amines) is 1. The molecule has 1 heterocycles. The van der Waals surface area contributed by atoms with E-state index in [0.29, 0.717) is 6.54 Å². The fourth-order valence-electron chi connectivity index (χ4n) is 4.24. The van der Waals surface area contributed by atoms with Crippen LogP contribution in [0.5, 0.6) is 0 Å². The van der Waals surface area contributed by atoms with Gasteiger partial charge in [-0.2, -0.15) is 0 Å². The first-order valence-corrected chi connectivity index (χ1v) is 12.1. The molecule has 5 heteroatoms. The summed E-state index contributed by atoms with van der Waals surface area (Å²) < 4.78 is 27.0. The Hall–Kier alpha value is -2.40. The van der Waals surface area contributed by atoms with Gasteiger partial charge in [0, 0.05) is 18.5 Å². The van der Waals surface area contributed by atoms with Gasteiger partial charge in [-0.3, -0.25) is 4.79 Å². The van der Waals surface area contributed by atoms with Gasteiger partial charge in [0.15, 0.2) is 15.1 Å². The summed E-state index contributed by atoms with van der Waals surface area (Å²) in [6.07, 6.45) is 4.36. The van der Waals surface area contributed by atoms with E-state index in [9.17, 15) is 13.2 Å². The van der Waals surface area contributed by atoms with Gasteiger partial charge >= 0.3 is 0 Å². The molecule has 2 aromatic carbocycles. The Kier molecular flexibility index (Phi) is 6.81. The molecule has 1 fully saturated rings. The lowest BCUT2D eigenvalue weighted by Crippen LogP contribution is -2.36. The zero-order valence-corrected chi connectivity index (χ0v) is 18.9. The molecule has 4 nitrogen and oxygen atoms in total. The molecular weight excluding hydrogens is 394 g/mol. The maximum absolute atomic E-state index is 13.5. The number of amides is 1. The van der Waals surface area contributed by atoms with Crippen molar-refractivity contribution < 1.29 is 13.2 Å². The maximum Gasteiger partial charge on any atom is 0.242 e. The molecule has 0 saturated carbocycles. The molecule has 1 aliphatic rings. The highest BCUT2D eigenvalue weighted by Gasteiger charge is 2.52. The van der Waals surface area contributed by atoms with Gasteiger partial charge in [-0.05, 0) is 38.0 Å². The SMILES string of the molecule is C=C[C@H]1[C@H](S(=O)(=O)c2ccc(C)cc2)C(=O)N(Cc2ccc(C)cc2)[C@H]1CCCC. The first kappa shape index (κ1) is 22.3. The number of benzene rings is 2. The van der Waals surface area contributed by atoms with Crippen molar-refractivity contribution >= 4 is 15.7 Å². The fraction of sp³-hybridized carbons (Fsp3) is 0.400. The van der Waals surface area contributed by atoms with Crippen molar-refractivity contribution in [1.82, 2.24) is 4.90 Å². The van der Waals surface area contributed by atoms with E-state index in [1.807, 2.05) is 38.1 Å². The molecule has 160 valence electrons. The lowest BCUT2D eigenvalue weighted by molar-refractivity contribution is -0.129. The molecule has 3 rings (SSSR count). The Morgan fingerprint density at radius 2 is 1.57 bits per heavy atom. The zero-order valence-electron chi connectivity index (χ0n) is 18.0. The van der Waals surface area contributed by atoms with Gasteiger partial charge in [-0.25, -0.2) is 8.42 Å². The number of unbranched alkanes of at least 4 members (excludes halogenated alkanes) is 1. The van der Waals surface area contributed by atoms with Crippen molar-refractivity contribution in [2.75, 3.05) is 0 Å². The van der Waals surface area contributed by atoms with Crippen LogP contribution in [0.3, 0.4) is 0 Å². The number of nitrogens with zero attached hydrogens (tertiary/aromatic N) is 1. The van der Waals surface area contributed by atoms with Gasteiger partial charge in [-0.15, -0.1) is 6.58 Å². The van der Waals surface area contributed by atoms with E-state index < -0.39 is 21.0 Å². The van der Waals surface area contributed by atoms with Crippen molar-refractivity contribution in [3.05, 3.63) is 77.9 Å². The normalized spacial score (nSPS) is 21.8. The van der Waals surface area contributed by atoms with Crippen molar-refractivity contribution in [3.8, 4) is 0 Å². The summed E-state index contributed by atoms with van der Waals surface area (Å²) in [5.74, 6) is -0.747. The van der Waals surface area contributed by atoms with Crippen LogP contribution in [0.1, 0.15) is 42.9 Å². The molecule has 1 saturated heterocycles. The predicted octanol–water partition coefficient (Wildman–Crippen LogP) is 4.85. The third-order valence-electron chi connectivity index (χ3n) is 6.00. The first-order valence-electron chi connectivity index (χ1n) is 10.6. The van der Waals surface area contributed by atoms with E-state index in [0.717, 1.165) is 36.0 Å². The molecule has 0 aromatic heterocycles. The molecule has 1 amide bonds. The van der Waals surface area contributed by atoms with Gasteiger partial charge < -0.3 is 4.90 Å². The van der Waals surface area contributed by atoms with E-state index in [2.05, 4.69) is 13.5 Å². The summed E-state index contributed by atoms with van der Waals surface area (Å²) in [6, 6.07) is 14.6. The van der Waals surface area contributed by atoms with Gasteiger partial charge in [0.25, 0.3) is 0 Å². The Bertz CT molecular complexity index is 994. The number of carbonyl (C=O) groups is 1. The van der Waals surface area contributed by atoms with Crippen LogP contribution in [0.2, 0.25) is 0 Å². The van der Waals surface area contributed by atoms with Gasteiger partial charge in [0.1, 0.15) is 0 Å². The number of hydrogen-bond donors (Lipinski definition) is 0. The minimum atomic E-state index is -3.82. The lowest BCUT2D eigenvalue weighted by Gasteiger charge is -2.27. The molecule has 3 atom stereocenters. The van der Waals surface area contributed by atoms with Gasteiger partial charge in [-0.1, -0.05) is 73.4 Å². The van der Waals surface area contributed by atoms with Crippen LogP contribution in [-0.4, -0.2) is 30.5 Å². The second kappa shape index (κ2) is 9.17. The van der Waals surface area contributed by atoms with Crippen LogP contribution in [-0.2, 0) is 21.2 Å². The zero-order chi connectivity index (χ0) is 21.9. The highest BCUT2D eigenvalue weighted by molar-refractivity contribution is 7.92. The Morgan fingerprint density at radius 3 is 2.10 bits per heavy atom. The molecule has 2 aromatic rings. The van der Waals surface area contributed by atoms with Crippen molar-refractivity contribution in [2.45, 2.75) is 62.8 Å². The van der Waals surface area contributed by atoms with E-state index in [1.165, 1.54) is 0 Å². The molecule has 1 aliphatic heterocycles. The second-order valence-corrected chi connectivity index (χ2v) is 10.3. The van der Waals surface area contributed by atoms with Crippen LogP contribution in [0, 0.1) is 19.8 Å². The van der Waals surface area contributed by atoms with E-state index in [4.69, 9.17) is 0 Å². The highest BCUT2D eigenvalue weighted by atomic mass is 32.2. The summed E-state index contributed by atoms with van der Waals surface area (Å²) in [5.41, 5.74) is 3.14. The molecular formula is C25H31NO3S. The van der Waals surface area contributed by atoms with Crippen LogP contribution < -0.4 is 0 Å². The summed E-state index contributed by atoms with van der Waals surface area (Å²) in [6.45, 7) is 10.4. The van der Waals surface area contributed by atoms with E-state index in [1.54, 1.807) is 35.2 Å². The van der Waals surface area contributed by atoms with E-state index >= 15 is 0 Å². The Morgan fingerprint density at radius 1 is 1.00 bits per heavy atom. The van der Waals surface area contributed by atoms with Crippen molar-refractivity contribution in [3.63, 3.8) is 0 Å². The topological polar surface area (TPSA) is 54.5 Å².